The number of ether oxygens (including phenoxy) is 1. The highest BCUT2D eigenvalue weighted by atomic mass is 16.5. The minimum absolute atomic E-state index is 0.0476. The number of para-hydroxylation sites is 1. The van der Waals surface area contributed by atoms with Gasteiger partial charge in [0, 0.05) is 24.4 Å². The molecule has 4 aliphatic rings. The average molecular weight is 383 g/mol. The van der Waals surface area contributed by atoms with Crippen molar-refractivity contribution in [3.63, 3.8) is 0 Å². The summed E-state index contributed by atoms with van der Waals surface area (Å²) in [4.78, 5) is 30.7. The van der Waals surface area contributed by atoms with E-state index in [0.29, 0.717) is 35.6 Å². The number of carbonyl (C=O) groups excluding carboxylic acids is 2. The van der Waals surface area contributed by atoms with Gasteiger partial charge in [-0.3, -0.25) is 9.59 Å². The standard InChI is InChI=1S/C23H30N2O3/c1-3-25(15-9-12-24(2)13-10-15)22(27)20-17-8-11-23(21(17)20)14-18(26)16-6-4-5-7-19(16)28-23/h4-7,15,17,20-21H,3,8-14H2,1-2H3/t17-,20-,21-,23+/m0/s1. The molecule has 0 N–H and O–H groups in total. The Bertz CT molecular complexity index is 801. The summed E-state index contributed by atoms with van der Waals surface area (Å²) in [5, 5.41) is 0. The lowest BCUT2D eigenvalue weighted by Crippen LogP contribution is -2.49. The molecule has 150 valence electrons. The molecule has 0 radical (unpaired) electrons. The molecule has 28 heavy (non-hydrogen) atoms. The Labute approximate surface area is 167 Å². The summed E-state index contributed by atoms with van der Waals surface area (Å²) in [5.74, 6) is 1.83. The minimum atomic E-state index is -0.456. The summed E-state index contributed by atoms with van der Waals surface area (Å²) in [6.45, 7) is 4.99. The molecule has 5 heteroatoms. The number of piperidine rings is 1. The summed E-state index contributed by atoms with van der Waals surface area (Å²) >= 11 is 0. The fourth-order valence-corrected chi connectivity index (χ4v) is 6.19. The number of nitrogens with zero attached hydrogens (tertiary/aromatic N) is 2. The van der Waals surface area contributed by atoms with Crippen molar-refractivity contribution in [1.29, 1.82) is 0 Å². The summed E-state index contributed by atoms with van der Waals surface area (Å²) < 4.78 is 6.46. The van der Waals surface area contributed by atoms with E-state index in [2.05, 4.69) is 23.8 Å². The van der Waals surface area contributed by atoms with E-state index < -0.39 is 5.60 Å². The van der Waals surface area contributed by atoms with Gasteiger partial charge in [-0.25, -0.2) is 0 Å². The van der Waals surface area contributed by atoms with Crippen molar-refractivity contribution < 1.29 is 14.3 Å². The summed E-state index contributed by atoms with van der Waals surface area (Å²) in [7, 11) is 2.15. The first-order valence-corrected chi connectivity index (χ1v) is 10.8. The summed E-state index contributed by atoms with van der Waals surface area (Å²) in [6, 6.07) is 7.93. The molecule has 1 aromatic carbocycles. The molecule has 5 nitrogen and oxygen atoms in total. The highest BCUT2D eigenvalue weighted by Gasteiger charge is 2.71. The number of amides is 1. The van der Waals surface area contributed by atoms with Gasteiger partial charge in [-0.2, -0.15) is 0 Å². The van der Waals surface area contributed by atoms with E-state index in [1.54, 1.807) is 0 Å². The maximum atomic E-state index is 13.5. The van der Waals surface area contributed by atoms with Crippen LogP contribution in [0.25, 0.3) is 0 Å². The van der Waals surface area contributed by atoms with Gasteiger partial charge < -0.3 is 14.5 Å². The predicted octanol–water partition coefficient (Wildman–Crippen LogP) is 2.99. The van der Waals surface area contributed by atoms with Crippen LogP contribution in [0.1, 0.15) is 49.4 Å². The van der Waals surface area contributed by atoms with Gasteiger partial charge in [0.1, 0.15) is 11.4 Å². The average Bonchev–Trinajstić information content (AvgIpc) is 3.34. The molecule has 4 atom stereocenters. The van der Waals surface area contributed by atoms with Crippen LogP contribution in [0.2, 0.25) is 0 Å². The predicted molar refractivity (Wildman–Crippen MR) is 106 cm³/mol. The Balaban J connectivity index is 1.34. The molecule has 2 aliphatic carbocycles. The molecule has 1 saturated heterocycles. The normalized spacial score (nSPS) is 34.6. The first kappa shape index (κ1) is 18.2. The van der Waals surface area contributed by atoms with Crippen molar-refractivity contribution >= 4 is 11.7 Å². The lowest BCUT2D eigenvalue weighted by atomic mass is 9.84. The maximum Gasteiger partial charge on any atom is 0.226 e. The molecule has 1 amide bonds. The third kappa shape index (κ3) is 2.70. The number of likely N-dealkylation sites (tertiary alicyclic amines) is 1. The van der Waals surface area contributed by atoms with E-state index in [1.807, 2.05) is 24.3 Å². The Kier molecular flexibility index (Phi) is 4.27. The Morgan fingerprint density at radius 2 is 2.00 bits per heavy atom. The summed E-state index contributed by atoms with van der Waals surface area (Å²) in [6.07, 6.45) is 4.45. The fraction of sp³-hybridized carbons (Fsp3) is 0.652. The van der Waals surface area contributed by atoms with Crippen LogP contribution < -0.4 is 4.74 Å². The second-order valence-corrected chi connectivity index (χ2v) is 9.18. The molecular formula is C23H30N2O3. The van der Waals surface area contributed by atoms with Crippen LogP contribution in [0, 0.1) is 17.8 Å². The van der Waals surface area contributed by atoms with Gasteiger partial charge in [0.05, 0.1) is 12.0 Å². The zero-order valence-corrected chi connectivity index (χ0v) is 16.9. The Morgan fingerprint density at radius 3 is 2.75 bits per heavy atom. The van der Waals surface area contributed by atoms with E-state index in [9.17, 15) is 9.59 Å². The monoisotopic (exact) mass is 382 g/mol. The van der Waals surface area contributed by atoms with Gasteiger partial charge in [-0.05, 0) is 70.8 Å². The Hall–Kier alpha value is -1.88. The molecule has 2 saturated carbocycles. The van der Waals surface area contributed by atoms with Gasteiger partial charge in [-0.1, -0.05) is 12.1 Å². The number of carbonyl (C=O) groups is 2. The van der Waals surface area contributed by atoms with Crippen LogP contribution in [0.3, 0.4) is 0 Å². The van der Waals surface area contributed by atoms with E-state index in [1.165, 1.54) is 0 Å². The number of ketones is 1. The summed E-state index contributed by atoms with van der Waals surface area (Å²) in [5.41, 5.74) is 0.240. The van der Waals surface area contributed by atoms with Crippen LogP contribution in [0.15, 0.2) is 24.3 Å². The number of hydrogen-bond donors (Lipinski definition) is 0. The molecule has 1 aromatic rings. The van der Waals surface area contributed by atoms with Crippen LogP contribution in [-0.4, -0.2) is 59.8 Å². The van der Waals surface area contributed by atoms with Crippen molar-refractivity contribution in [3.8, 4) is 5.75 Å². The van der Waals surface area contributed by atoms with Crippen molar-refractivity contribution in [1.82, 2.24) is 9.80 Å². The number of benzene rings is 1. The lowest BCUT2D eigenvalue weighted by molar-refractivity contribution is -0.137. The number of hydrogen-bond acceptors (Lipinski definition) is 4. The quantitative estimate of drug-likeness (QED) is 0.806. The second kappa shape index (κ2) is 6.58. The lowest BCUT2D eigenvalue weighted by Gasteiger charge is -2.39. The number of Topliss-reactive ketones (excluding diaryl/α,β-unsaturated/α-hetero) is 1. The van der Waals surface area contributed by atoms with E-state index in [-0.39, 0.29) is 17.6 Å². The van der Waals surface area contributed by atoms with Crippen LogP contribution >= 0.6 is 0 Å². The molecule has 2 heterocycles. The molecule has 1 spiro atoms. The third-order valence-electron chi connectivity index (χ3n) is 7.68. The zero-order chi connectivity index (χ0) is 19.5. The number of rotatable bonds is 3. The van der Waals surface area contributed by atoms with Gasteiger partial charge in [-0.15, -0.1) is 0 Å². The van der Waals surface area contributed by atoms with Crippen molar-refractivity contribution in [3.05, 3.63) is 29.8 Å². The molecule has 0 aromatic heterocycles. The first-order chi connectivity index (χ1) is 13.5. The van der Waals surface area contributed by atoms with Gasteiger partial charge in [0.15, 0.2) is 5.78 Å². The molecule has 0 bridgehead atoms. The van der Waals surface area contributed by atoms with Gasteiger partial charge in [0.2, 0.25) is 5.91 Å². The van der Waals surface area contributed by atoms with Gasteiger partial charge in [0.25, 0.3) is 0 Å². The van der Waals surface area contributed by atoms with E-state index >= 15 is 0 Å². The Morgan fingerprint density at radius 1 is 1.25 bits per heavy atom. The smallest absolute Gasteiger partial charge is 0.226 e. The van der Waals surface area contributed by atoms with Crippen molar-refractivity contribution in [2.45, 2.75) is 50.7 Å². The first-order valence-electron chi connectivity index (χ1n) is 10.8. The van der Waals surface area contributed by atoms with E-state index in [4.69, 9.17) is 4.74 Å². The van der Waals surface area contributed by atoms with Crippen LogP contribution in [0.4, 0.5) is 0 Å². The van der Waals surface area contributed by atoms with Crippen molar-refractivity contribution in [2.75, 3.05) is 26.7 Å². The topological polar surface area (TPSA) is 49.9 Å². The molecule has 0 unspecified atom stereocenters. The minimum Gasteiger partial charge on any atom is -0.486 e. The molecule has 2 aliphatic heterocycles. The van der Waals surface area contributed by atoms with Crippen LogP contribution in [0.5, 0.6) is 5.75 Å². The van der Waals surface area contributed by atoms with E-state index in [0.717, 1.165) is 45.3 Å². The highest BCUT2D eigenvalue weighted by molar-refractivity contribution is 6.00. The SMILES string of the molecule is CCN(C(=O)[C@H]1[C@@H]2CC[C@@]3(CC(=O)c4ccccc4O3)[C@@H]21)C1CCN(C)CC1. The fourth-order valence-electron chi connectivity index (χ4n) is 6.19. The highest BCUT2D eigenvalue weighted by Crippen LogP contribution is 2.66. The van der Waals surface area contributed by atoms with Gasteiger partial charge >= 0.3 is 0 Å². The number of fused-ring (bicyclic) bond motifs is 3. The van der Waals surface area contributed by atoms with Crippen molar-refractivity contribution in [2.24, 2.45) is 17.8 Å². The zero-order valence-electron chi connectivity index (χ0n) is 16.9. The maximum absolute atomic E-state index is 13.5. The molecular weight excluding hydrogens is 352 g/mol. The largest absolute Gasteiger partial charge is 0.486 e. The second-order valence-electron chi connectivity index (χ2n) is 9.18. The molecule has 3 fully saturated rings. The van der Waals surface area contributed by atoms with Crippen LogP contribution in [-0.2, 0) is 4.79 Å². The molecule has 5 rings (SSSR count). The third-order valence-corrected chi connectivity index (χ3v) is 7.68.